The molecule has 0 aromatic heterocycles. The number of aliphatic carboxylic acids is 2. The first kappa shape index (κ1) is 34.5. The lowest BCUT2D eigenvalue weighted by Crippen LogP contribution is -2.57. The molecule has 0 saturated heterocycles. The molecule has 0 aromatic carbocycles. The molecule has 0 rings (SSSR count). The summed E-state index contributed by atoms with van der Waals surface area (Å²) >= 11 is 0. The van der Waals surface area contributed by atoms with Crippen molar-refractivity contribution >= 4 is 35.6 Å². The lowest BCUT2D eigenvalue weighted by atomic mass is 10.0. The number of carbonyl (C=O) groups excluding carboxylic acids is 3. The van der Waals surface area contributed by atoms with Gasteiger partial charge in [-0.1, -0.05) is 13.8 Å². The lowest BCUT2D eigenvalue weighted by molar-refractivity contribution is -0.143. The number of carboxylic acids is 2. The Kier molecular flexibility index (Phi) is 17.0. The number of nitrogens with zero attached hydrogens (tertiary/aromatic N) is 1. The zero-order chi connectivity index (χ0) is 29.3. The van der Waals surface area contributed by atoms with Gasteiger partial charge in [-0.05, 0) is 57.4 Å². The molecule has 0 aliphatic carbocycles. The molecule has 13 N–H and O–H groups in total. The van der Waals surface area contributed by atoms with E-state index in [4.69, 9.17) is 28.0 Å². The third-order valence-corrected chi connectivity index (χ3v) is 5.49. The quantitative estimate of drug-likeness (QED) is 0.0456. The van der Waals surface area contributed by atoms with Crippen molar-refractivity contribution in [3.05, 3.63) is 0 Å². The molecule has 218 valence electrons. The summed E-state index contributed by atoms with van der Waals surface area (Å²) in [6.45, 7) is 4.36. The average molecular weight is 545 g/mol. The molecule has 0 radical (unpaired) electrons. The van der Waals surface area contributed by atoms with Crippen LogP contribution >= 0.6 is 0 Å². The van der Waals surface area contributed by atoms with Gasteiger partial charge in [-0.15, -0.1) is 0 Å². The molecule has 0 aliphatic rings. The fourth-order valence-electron chi connectivity index (χ4n) is 3.46. The molecule has 38 heavy (non-hydrogen) atoms. The van der Waals surface area contributed by atoms with Gasteiger partial charge < -0.3 is 49.1 Å². The molecular weight excluding hydrogens is 500 g/mol. The third-order valence-electron chi connectivity index (χ3n) is 5.49. The van der Waals surface area contributed by atoms with Gasteiger partial charge >= 0.3 is 11.9 Å². The smallest absolute Gasteiger partial charge is 0.326 e. The predicted molar refractivity (Wildman–Crippen MR) is 141 cm³/mol. The van der Waals surface area contributed by atoms with Crippen LogP contribution < -0.4 is 38.9 Å². The zero-order valence-electron chi connectivity index (χ0n) is 22.2. The number of hydrogen-bond donors (Lipinski definition) is 9. The summed E-state index contributed by atoms with van der Waals surface area (Å²) in [5.41, 5.74) is 22.0. The van der Waals surface area contributed by atoms with Crippen LogP contribution in [0.15, 0.2) is 4.99 Å². The zero-order valence-corrected chi connectivity index (χ0v) is 22.2. The van der Waals surface area contributed by atoms with Crippen molar-refractivity contribution in [2.45, 2.75) is 89.4 Å². The van der Waals surface area contributed by atoms with Gasteiger partial charge in [0.25, 0.3) is 0 Å². The Morgan fingerprint density at radius 2 is 1.37 bits per heavy atom. The number of guanidine groups is 1. The second-order valence-electron chi connectivity index (χ2n) is 9.42. The molecule has 0 aromatic rings. The van der Waals surface area contributed by atoms with Crippen LogP contribution in [-0.4, -0.2) is 83.1 Å². The second kappa shape index (κ2) is 18.7. The van der Waals surface area contributed by atoms with Gasteiger partial charge in [-0.3, -0.25) is 24.2 Å². The lowest BCUT2D eigenvalue weighted by Gasteiger charge is -2.26. The normalized spacial score (nSPS) is 14.0. The van der Waals surface area contributed by atoms with Crippen molar-refractivity contribution in [1.82, 2.24) is 16.0 Å². The van der Waals surface area contributed by atoms with Crippen molar-refractivity contribution in [2.75, 3.05) is 13.1 Å². The number of hydrogen-bond acceptors (Lipinski definition) is 8. The van der Waals surface area contributed by atoms with Gasteiger partial charge in [0.05, 0.1) is 6.04 Å². The van der Waals surface area contributed by atoms with Gasteiger partial charge in [-0.25, -0.2) is 4.79 Å². The van der Waals surface area contributed by atoms with Gasteiger partial charge in [0.2, 0.25) is 17.7 Å². The predicted octanol–water partition coefficient (Wildman–Crippen LogP) is -2.05. The van der Waals surface area contributed by atoms with E-state index in [1.165, 1.54) is 0 Å². The number of unbranched alkanes of at least 4 members (excludes halogenated alkanes) is 1. The van der Waals surface area contributed by atoms with Crippen LogP contribution in [-0.2, 0) is 24.0 Å². The topological polar surface area (TPSA) is 278 Å². The number of rotatable bonds is 20. The summed E-state index contributed by atoms with van der Waals surface area (Å²) in [5.74, 6) is -4.65. The van der Waals surface area contributed by atoms with Gasteiger partial charge in [0.15, 0.2) is 5.96 Å². The summed E-state index contributed by atoms with van der Waals surface area (Å²) in [6.07, 6.45) is 1.37. The van der Waals surface area contributed by atoms with E-state index in [0.29, 0.717) is 32.4 Å². The largest absolute Gasteiger partial charge is 0.481 e. The van der Waals surface area contributed by atoms with Crippen LogP contribution in [0.5, 0.6) is 0 Å². The molecule has 15 nitrogen and oxygen atoms in total. The van der Waals surface area contributed by atoms with Crippen molar-refractivity contribution in [3.8, 4) is 0 Å². The Hall–Kier alpha value is -3.46. The van der Waals surface area contributed by atoms with Crippen molar-refractivity contribution in [3.63, 3.8) is 0 Å². The molecule has 0 spiro atoms. The Balaban J connectivity index is 5.45. The van der Waals surface area contributed by atoms with Crippen molar-refractivity contribution < 1.29 is 34.2 Å². The molecular formula is C23H44N8O7. The highest BCUT2D eigenvalue weighted by Gasteiger charge is 2.30. The highest BCUT2D eigenvalue weighted by atomic mass is 16.4. The molecule has 15 heteroatoms. The molecule has 0 heterocycles. The molecule has 4 atom stereocenters. The van der Waals surface area contributed by atoms with Crippen LogP contribution in [0.3, 0.4) is 0 Å². The van der Waals surface area contributed by atoms with E-state index in [9.17, 15) is 29.1 Å². The standard InChI is InChI=1S/C23H44N8O7/c1-13(2)12-17(31-19(34)14(25)6-5-11-28-23(26)27)21(36)29-15(7-3-4-10-24)20(35)30-16(22(37)38)8-9-18(32)33/h13-17H,3-12,24-25H2,1-2H3,(H,29,36)(H,30,35)(H,31,34)(H,32,33)(H,37,38)(H4,26,27,28). The number of amides is 3. The van der Waals surface area contributed by atoms with E-state index >= 15 is 0 Å². The van der Waals surface area contributed by atoms with E-state index in [1.807, 2.05) is 13.8 Å². The van der Waals surface area contributed by atoms with Crippen LogP contribution in [0.2, 0.25) is 0 Å². The first-order valence-corrected chi connectivity index (χ1v) is 12.6. The van der Waals surface area contributed by atoms with E-state index in [2.05, 4.69) is 20.9 Å². The SMILES string of the molecule is CC(C)CC(NC(=O)C(N)CCCN=C(N)N)C(=O)NC(CCCCN)C(=O)NC(CCC(=O)O)C(=O)O. The highest BCUT2D eigenvalue weighted by molar-refractivity contribution is 5.94. The number of nitrogens with two attached hydrogens (primary N) is 4. The van der Waals surface area contributed by atoms with Gasteiger partial charge in [-0.2, -0.15) is 0 Å². The van der Waals surface area contributed by atoms with E-state index in [-0.39, 0.29) is 37.6 Å². The third kappa shape index (κ3) is 15.6. The fourth-order valence-corrected chi connectivity index (χ4v) is 3.46. The number of nitrogens with one attached hydrogen (secondary N) is 3. The summed E-state index contributed by atoms with van der Waals surface area (Å²) in [5, 5.41) is 25.7. The van der Waals surface area contributed by atoms with Crippen molar-refractivity contribution in [2.24, 2.45) is 33.8 Å². The van der Waals surface area contributed by atoms with E-state index < -0.39 is 60.2 Å². The molecule has 4 unspecified atom stereocenters. The van der Waals surface area contributed by atoms with Crippen LogP contribution in [0.25, 0.3) is 0 Å². The summed E-state index contributed by atoms with van der Waals surface area (Å²) in [7, 11) is 0. The van der Waals surface area contributed by atoms with Gasteiger partial charge in [0, 0.05) is 13.0 Å². The average Bonchev–Trinajstić information content (AvgIpc) is 2.82. The highest BCUT2D eigenvalue weighted by Crippen LogP contribution is 2.09. The number of aliphatic imine (C=N–C) groups is 1. The van der Waals surface area contributed by atoms with Crippen molar-refractivity contribution in [1.29, 1.82) is 0 Å². The maximum atomic E-state index is 13.1. The number of carboxylic acid groups (broad SMARTS) is 2. The fraction of sp³-hybridized carbons (Fsp3) is 0.739. The molecule has 0 aliphatic heterocycles. The summed E-state index contributed by atoms with van der Waals surface area (Å²) in [6, 6.07) is -4.49. The minimum Gasteiger partial charge on any atom is -0.481 e. The minimum atomic E-state index is -1.45. The molecule has 0 bridgehead atoms. The Labute approximate surface area is 222 Å². The minimum absolute atomic E-state index is 0.000988. The maximum Gasteiger partial charge on any atom is 0.326 e. The van der Waals surface area contributed by atoms with Crippen LogP contribution in [0, 0.1) is 5.92 Å². The molecule has 0 fully saturated rings. The Morgan fingerprint density at radius 1 is 0.789 bits per heavy atom. The number of carbonyl (C=O) groups is 5. The summed E-state index contributed by atoms with van der Waals surface area (Å²) in [4.78, 5) is 64.8. The monoisotopic (exact) mass is 544 g/mol. The van der Waals surface area contributed by atoms with E-state index in [0.717, 1.165) is 0 Å². The second-order valence-corrected chi connectivity index (χ2v) is 9.42. The van der Waals surface area contributed by atoms with Gasteiger partial charge in [0.1, 0.15) is 18.1 Å². The van der Waals surface area contributed by atoms with E-state index in [1.54, 1.807) is 0 Å². The van der Waals surface area contributed by atoms with Crippen LogP contribution in [0.4, 0.5) is 0 Å². The van der Waals surface area contributed by atoms with Crippen LogP contribution in [0.1, 0.15) is 65.2 Å². The molecule has 3 amide bonds. The maximum absolute atomic E-state index is 13.1. The first-order valence-electron chi connectivity index (χ1n) is 12.6. The first-order chi connectivity index (χ1) is 17.8. The Bertz CT molecular complexity index is 818. The summed E-state index contributed by atoms with van der Waals surface area (Å²) < 4.78 is 0. The Morgan fingerprint density at radius 3 is 1.89 bits per heavy atom. The molecule has 0 saturated carbocycles.